The smallest absolute Gasteiger partial charge is 0.154 e. The lowest BCUT2D eigenvalue weighted by Gasteiger charge is -1.91. The maximum absolute atomic E-state index is 9.36. The van der Waals surface area contributed by atoms with Crippen molar-refractivity contribution in [3.05, 3.63) is 64.9 Å². The van der Waals surface area contributed by atoms with E-state index in [4.69, 9.17) is 8.83 Å². The number of aromatic nitrogens is 1. The van der Waals surface area contributed by atoms with Crippen LogP contribution in [0.25, 0.3) is 34.1 Å². The Morgan fingerprint density at radius 2 is 2.13 bits per heavy atom. The highest BCUT2D eigenvalue weighted by atomic mass is 32.1. The van der Waals surface area contributed by atoms with Crippen molar-refractivity contribution in [3.63, 3.8) is 0 Å². The number of hydrogen-bond acceptors (Lipinski definition) is 5. The van der Waals surface area contributed by atoms with Gasteiger partial charge in [-0.05, 0) is 24.3 Å². The summed E-state index contributed by atoms with van der Waals surface area (Å²) in [4.78, 5) is 4.52. The zero-order chi connectivity index (χ0) is 15.6. The van der Waals surface area contributed by atoms with Gasteiger partial charge in [0.25, 0.3) is 0 Å². The fourth-order valence-corrected chi connectivity index (χ4v) is 3.05. The van der Waals surface area contributed by atoms with Crippen LogP contribution in [0.15, 0.2) is 62.9 Å². The summed E-state index contributed by atoms with van der Waals surface area (Å²) in [5, 5.41) is 12.9. The maximum atomic E-state index is 9.36. The van der Waals surface area contributed by atoms with Gasteiger partial charge in [0, 0.05) is 16.8 Å². The standard InChI is InChI=1S/C18H10N2O2S/c19-10-13(8-14-5-3-7-21-14)18-20-15(11-23-18)17-9-12-4-1-2-6-16(12)22-17/h1-9,11H. The molecular weight excluding hydrogens is 308 g/mol. The van der Waals surface area contributed by atoms with E-state index in [1.807, 2.05) is 35.7 Å². The topological polar surface area (TPSA) is 63.0 Å². The quantitative estimate of drug-likeness (QED) is 0.486. The van der Waals surface area contributed by atoms with Crippen LogP contribution >= 0.6 is 11.3 Å². The number of hydrogen-bond donors (Lipinski definition) is 0. The molecule has 0 aliphatic rings. The fourth-order valence-electron chi connectivity index (χ4n) is 2.28. The highest BCUT2D eigenvalue weighted by molar-refractivity contribution is 7.11. The largest absolute Gasteiger partial charge is 0.465 e. The molecule has 0 aliphatic heterocycles. The van der Waals surface area contributed by atoms with Gasteiger partial charge in [-0.15, -0.1) is 11.3 Å². The van der Waals surface area contributed by atoms with Crippen molar-refractivity contribution in [3.8, 4) is 17.5 Å². The number of allylic oxidation sites excluding steroid dienone is 1. The average molecular weight is 318 g/mol. The molecule has 23 heavy (non-hydrogen) atoms. The van der Waals surface area contributed by atoms with Crippen molar-refractivity contribution in [1.82, 2.24) is 4.98 Å². The van der Waals surface area contributed by atoms with E-state index in [1.54, 1.807) is 24.5 Å². The molecule has 0 fully saturated rings. The molecule has 0 unspecified atom stereocenters. The molecule has 110 valence electrons. The predicted octanol–water partition coefficient (Wildman–Crippen LogP) is 5.21. The second kappa shape index (κ2) is 5.59. The van der Waals surface area contributed by atoms with Crippen molar-refractivity contribution >= 4 is 34.0 Å². The van der Waals surface area contributed by atoms with Crippen LogP contribution in [0.2, 0.25) is 0 Å². The fraction of sp³-hybridized carbons (Fsp3) is 0. The maximum Gasteiger partial charge on any atom is 0.154 e. The van der Waals surface area contributed by atoms with Gasteiger partial charge in [-0.3, -0.25) is 0 Å². The average Bonchev–Trinajstić information content (AvgIpc) is 3.30. The van der Waals surface area contributed by atoms with E-state index in [2.05, 4.69) is 11.1 Å². The number of nitriles is 1. The first-order valence-electron chi connectivity index (χ1n) is 6.93. The van der Waals surface area contributed by atoms with Crippen molar-refractivity contribution < 1.29 is 8.83 Å². The summed E-state index contributed by atoms with van der Waals surface area (Å²) in [6.45, 7) is 0. The molecule has 3 heterocycles. The molecule has 0 saturated heterocycles. The number of benzene rings is 1. The van der Waals surface area contributed by atoms with Gasteiger partial charge in [0.1, 0.15) is 28.1 Å². The van der Waals surface area contributed by atoms with Crippen LogP contribution < -0.4 is 0 Å². The molecule has 3 aromatic heterocycles. The SMILES string of the molecule is N#CC(=Cc1ccco1)c1nc(-c2cc3ccccc3o2)cs1. The highest BCUT2D eigenvalue weighted by Crippen LogP contribution is 2.31. The Labute approximate surface area is 135 Å². The molecule has 0 aliphatic carbocycles. The Balaban J connectivity index is 1.72. The van der Waals surface area contributed by atoms with Crippen LogP contribution in [0.3, 0.4) is 0 Å². The predicted molar refractivity (Wildman–Crippen MR) is 89.5 cm³/mol. The molecule has 0 atom stereocenters. The molecule has 0 radical (unpaired) electrons. The molecule has 0 amide bonds. The van der Waals surface area contributed by atoms with Crippen LogP contribution in [0.4, 0.5) is 0 Å². The molecule has 1 aromatic carbocycles. The van der Waals surface area contributed by atoms with Crippen LogP contribution in [-0.2, 0) is 0 Å². The Kier molecular flexibility index (Phi) is 3.30. The lowest BCUT2D eigenvalue weighted by atomic mass is 10.2. The van der Waals surface area contributed by atoms with Crippen molar-refractivity contribution in [2.75, 3.05) is 0 Å². The van der Waals surface area contributed by atoms with E-state index < -0.39 is 0 Å². The summed E-state index contributed by atoms with van der Waals surface area (Å²) in [6, 6.07) is 15.5. The van der Waals surface area contributed by atoms with Crippen LogP contribution in [0.1, 0.15) is 10.8 Å². The molecule has 0 saturated carbocycles. The molecule has 4 rings (SSSR count). The first-order chi connectivity index (χ1) is 11.3. The lowest BCUT2D eigenvalue weighted by molar-refractivity contribution is 0.557. The van der Waals surface area contributed by atoms with Crippen LogP contribution in [0, 0.1) is 11.3 Å². The van der Waals surface area contributed by atoms with Crippen LogP contribution in [0.5, 0.6) is 0 Å². The van der Waals surface area contributed by atoms with Gasteiger partial charge in [0.15, 0.2) is 5.76 Å². The Morgan fingerprint density at radius 1 is 1.22 bits per heavy atom. The Bertz CT molecular complexity index is 1000. The van der Waals surface area contributed by atoms with E-state index in [0.717, 1.165) is 16.7 Å². The van der Waals surface area contributed by atoms with Crippen LogP contribution in [-0.4, -0.2) is 4.98 Å². The third-order valence-electron chi connectivity index (χ3n) is 3.36. The number of rotatable bonds is 3. The number of nitrogens with zero attached hydrogens (tertiary/aromatic N) is 2. The lowest BCUT2D eigenvalue weighted by Crippen LogP contribution is -1.81. The van der Waals surface area contributed by atoms with Crippen molar-refractivity contribution in [2.45, 2.75) is 0 Å². The van der Waals surface area contributed by atoms with Gasteiger partial charge in [-0.2, -0.15) is 5.26 Å². The summed E-state index contributed by atoms with van der Waals surface area (Å²) < 4.78 is 11.1. The summed E-state index contributed by atoms with van der Waals surface area (Å²) in [6.07, 6.45) is 3.25. The number of furan rings is 2. The number of fused-ring (bicyclic) bond motifs is 1. The first kappa shape index (κ1) is 13.6. The van der Waals surface area contributed by atoms with Gasteiger partial charge in [-0.25, -0.2) is 4.98 Å². The monoisotopic (exact) mass is 318 g/mol. The first-order valence-corrected chi connectivity index (χ1v) is 7.81. The van der Waals surface area contributed by atoms with Gasteiger partial charge in [-0.1, -0.05) is 18.2 Å². The van der Waals surface area contributed by atoms with E-state index in [9.17, 15) is 5.26 Å². The Hall–Kier alpha value is -3.10. The van der Waals surface area contributed by atoms with E-state index in [0.29, 0.717) is 22.1 Å². The highest BCUT2D eigenvalue weighted by Gasteiger charge is 2.13. The summed E-state index contributed by atoms with van der Waals surface area (Å²) >= 11 is 1.41. The minimum atomic E-state index is 0.465. The molecule has 0 N–H and O–H groups in total. The van der Waals surface area contributed by atoms with Gasteiger partial charge < -0.3 is 8.83 Å². The zero-order valence-corrected chi connectivity index (χ0v) is 12.7. The second-order valence-corrected chi connectivity index (χ2v) is 5.73. The Morgan fingerprint density at radius 3 is 2.91 bits per heavy atom. The molecule has 4 nitrogen and oxygen atoms in total. The van der Waals surface area contributed by atoms with Gasteiger partial charge in [0.05, 0.1) is 11.8 Å². The second-order valence-electron chi connectivity index (χ2n) is 4.87. The van der Waals surface area contributed by atoms with Gasteiger partial charge in [0.2, 0.25) is 0 Å². The molecule has 0 bridgehead atoms. The summed E-state index contributed by atoms with van der Waals surface area (Å²) in [5.41, 5.74) is 2.01. The minimum Gasteiger partial charge on any atom is -0.465 e. The van der Waals surface area contributed by atoms with Gasteiger partial charge >= 0.3 is 0 Å². The molecule has 0 spiro atoms. The zero-order valence-electron chi connectivity index (χ0n) is 11.9. The minimum absolute atomic E-state index is 0.465. The molecule has 4 aromatic rings. The molecular formula is C18H10N2O2S. The normalized spacial score (nSPS) is 11.7. The molecule has 5 heteroatoms. The van der Waals surface area contributed by atoms with E-state index >= 15 is 0 Å². The van der Waals surface area contributed by atoms with E-state index in [1.165, 1.54) is 11.3 Å². The third-order valence-corrected chi connectivity index (χ3v) is 4.24. The summed E-state index contributed by atoms with van der Waals surface area (Å²) in [7, 11) is 0. The summed E-state index contributed by atoms with van der Waals surface area (Å²) in [5.74, 6) is 1.33. The number of para-hydroxylation sites is 1. The van der Waals surface area contributed by atoms with Crippen molar-refractivity contribution in [2.24, 2.45) is 0 Å². The third kappa shape index (κ3) is 2.56. The van der Waals surface area contributed by atoms with E-state index in [-0.39, 0.29) is 0 Å². The number of thiazole rings is 1. The van der Waals surface area contributed by atoms with Crippen molar-refractivity contribution in [1.29, 1.82) is 5.26 Å².